The molecule has 164 valence electrons. The van der Waals surface area contributed by atoms with Crippen molar-refractivity contribution in [3.63, 3.8) is 0 Å². The van der Waals surface area contributed by atoms with Gasteiger partial charge in [-0.2, -0.15) is 5.26 Å². The summed E-state index contributed by atoms with van der Waals surface area (Å²) in [6, 6.07) is 13.9. The number of para-hydroxylation sites is 1. The number of hydrogen-bond acceptors (Lipinski definition) is 5. The summed E-state index contributed by atoms with van der Waals surface area (Å²) in [5, 5.41) is 15.0. The van der Waals surface area contributed by atoms with E-state index in [-0.39, 0.29) is 18.9 Å². The fourth-order valence-electron chi connectivity index (χ4n) is 3.37. The second-order valence-corrected chi connectivity index (χ2v) is 8.93. The smallest absolute Gasteiger partial charge is 0.255 e. The molecule has 2 bridgehead atoms. The summed E-state index contributed by atoms with van der Waals surface area (Å²) in [5.74, 6) is 0.377. The normalized spacial score (nSPS) is 19.5. The van der Waals surface area contributed by atoms with E-state index in [0.717, 1.165) is 14.9 Å². The number of nitrogens with zero attached hydrogens (tertiary/aromatic N) is 1. The summed E-state index contributed by atoms with van der Waals surface area (Å²) in [6.07, 6.45) is 5.20. The maximum Gasteiger partial charge on any atom is 0.255 e. The first-order valence-corrected chi connectivity index (χ1v) is 11.4. The molecule has 1 aliphatic carbocycles. The molecule has 0 saturated heterocycles. The van der Waals surface area contributed by atoms with Gasteiger partial charge in [0, 0.05) is 6.42 Å². The predicted octanol–water partition coefficient (Wildman–Crippen LogP) is 3.13. The zero-order valence-corrected chi connectivity index (χ0v) is 19.4. The Morgan fingerprint density at radius 3 is 2.53 bits per heavy atom. The Morgan fingerprint density at radius 1 is 1.12 bits per heavy atom. The van der Waals surface area contributed by atoms with Gasteiger partial charge < -0.3 is 20.1 Å². The topological polar surface area (TPSA) is 100 Å². The minimum Gasteiger partial charge on any atom is -0.489 e. The SMILES string of the molecule is N#CC1(NC(=O)[C@@H]2Cc3ccc(c(I)c3)OCC=CCOc3ccccc3C(=O)N2)CC1. The van der Waals surface area contributed by atoms with Gasteiger partial charge in [-0.1, -0.05) is 18.2 Å². The van der Waals surface area contributed by atoms with Crippen LogP contribution in [0.15, 0.2) is 54.6 Å². The van der Waals surface area contributed by atoms with Gasteiger partial charge in [-0.3, -0.25) is 9.59 Å². The Morgan fingerprint density at radius 2 is 1.84 bits per heavy atom. The number of nitrogens with one attached hydrogen (secondary N) is 2. The average Bonchev–Trinajstić information content (AvgIpc) is 3.56. The van der Waals surface area contributed by atoms with E-state index >= 15 is 0 Å². The standard InChI is InChI=1S/C24H22IN3O4/c25-18-13-16-7-8-21(18)32-12-4-3-11-31-20-6-2-1-5-17(20)22(29)27-19(14-16)23(30)28-24(15-26)9-10-24/h1-8,13,19H,9-12,14H2,(H,27,29)(H,28,30)/t19-/m0/s1. The molecule has 2 aliphatic heterocycles. The number of carbonyl (C=O) groups excluding carboxylic acids is 2. The Hall–Kier alpha value is -3.06. The number of amides is 2. The van der Waals surface area contributed by atoms with Crippen LogP contribution < -0.4 is 20.1 Å². The maximum absolute atomic E-state index is 13.1. The third kappa shape index (κ3) is 5.22. The molecule has 5 rings (SSSR count). The summed E-state index contributed by atoms with van der Waals surface area (Å²) < 4.78 is 12.5. The maximum atomic E-state index is 13.1. The molecule has 3 aliphatic rings. The first-order chi connectivity index (χ1) is 15.5. The van der Waals surface area contributed by atoms with Gasteiger partial charge >= 0.3 is 0 Å². The molecule has 2 amide bonds. The van der Waals surface area contributed by atoms with Crippen LogP contribution in [0.4, 0.5) is 0 Å². The van der Waals surface area contributed by atoms with Crippen LogP contribution in [-0.2, 0) is 11.2 Å². The number of halogens is 1. The molecule has 2 aromatic carbocycles. The van der Waals surface area contributed by atoms with Crippen LogP contribution >= 0.6 is 22.6 Å². The van der Waals surface area contributed by atoms with Crippen LogP contribution in [-0.4, -0.2) is 36.6 Å². The van der Waals surface area contributed by atoms with Gasteiger partial charge in [0.2, 0.25) is 5.91 Å². The molecule has 0 spiro atoms. The van der Waals surface area contributed by atoms with Crippen molar-refractivity contribution in [1.29, 1.82) is 5.26 Å². The van der Waals surface area contributed by atoms with Gasteiger partial charge in [0.15, 0.2) is 0 Å². The Balaban J connectivity index is 1.65. The Bertz CT molecular complexity index is 1100. The highest BCUT2D eigenvalue weighted by atomic mass is 127. The molecule has 7 nitrogen and oxygen atoms in total. The third-order valence-corrected chi connectivity index (χ3v) is 6.20. The minimum atomic E-state index is -0.850. The highest BCUT2D eigenvalue weighted by Crippen LogP contribution is 2.34. The molecule has 1 saturated carbocycles. The zero-order chi connectivity index (χ0) is 22.6. The largest absolute Gasteiger partial charge is 0.489 e. The number of fused-ring (bicyclic) bond motifs is 9. The minimum absolute atomic E-state index is 0.276. The van der Waals surface area contributed by atoms with Crippen molar-refractivity contribution >= 4 is 34.4 Å². The van der Waals surface area contributed by atoms with Gasteiger partial charge in [-0.25, -0.2) is 0 Å². The highest BCUT2D eigenvalue weighted by molar-refractivity contribution is 14.1. The van der Waals surface area contributed by atoms with E-state index in [4.69, 9.17) is 9.47 Å². The molecule has 1 atom stereocenters. The van der Waals surface area contributed by atoms with E-state index in [9.17, 15) is 14.9 Å². The van der Waals surface area contributed by atoms with Crippen LogP contribution in [0, 0.1) is 14.9 Å². The average molecular weight is 543 g/mol. The lowest BCUT2D eigenvalue weighted by molar-refractivity contribution is -0.123. The Kier molecular flexibility index (Phi) is 6.65. The van der Waals surface area contributed by atoms with Crippen molar-refractivity contribution in [2.75, 3.05) is 13.2 Å². The summed E-state index contributed by atoms with van der Waals surface area (Å²) >= 11 is 2.19. The highest BCUT2D eigenvalue weighted by Gasteiger charge is 2.45. The molecule has 32 heavy (non-hydrogen) atoms. The number of benzene rings is 2. The number of nitriles is 1. The van der Waals surface area contributed by atoms with Crippen molar-refractivity contribution in [2.45, 2.75) is 30.8 Å². The number of hydrogen-bond donors (Lipinski definition) is 2. The fourth-order valence-corrected chi connectivity index (χ4v) is 4.11. The Labute approximate surface area is 199 Å². The van der Waals surface area contributed by atoms with Crippen molar-refractivity contribution in [1.82, 2.24) is 10.6 Å². The first kappa shape index (κ1) is 22.1. The fraction of sp³-hybridized carbons (Fsp3) is 0.292. The third-order valence-electron chi connectivity index (χ3n) is 5.35. The van der Waals surface area contributed by atoms with Crippen LogP contribution in [0.2, 0.25) is 0 Å². The molecule has 2 aromatic rings. The monoisotopic (exact) mass is 543 g/mol. The quantitative estimate of drug-likeness (QED) is 0.448. The van der Waals surface area contributed by atoms with E-state index in [0.29, 0.717) is 30.8 Å². The summed E-state index contributed by atoms with van der Waals surface area (Å²) in [4.78, 5) is 26.2. The number of ether oxygens (including phenoxy) is 2. The van der Waals surface area contributed by atoms with Crippen molar-refractivity contribution in [3.8, 4) is 17.6 Å². The molecular formula is C24H22IN3O4. The van der Waals surface area contributed by atoms with Gasteiger partial charge in [0.05, 0.1) is 15.2 Å². The number of carbonyl (C=O) groups is 2. The van der Waals surface area contributed by atoms with E-state index in [1.165, 1.54) is 0 Å². The molecule has 2 N–H and O–H groups in total. The zero-order valence-electron chi connectivity index (χ0n) is 17.3. The van der Waals surface area contributed by atoms with E-state index in [2.05, 4.69) is 39.3 Å². The molecule has 0 unspecified atom stereocenters. The van der Waals surface area contributed by atoms with Crippen LogP contribution in [0.25, 0.3) is 0 Å². The number of rotatable bonds is 2. The predicted molar refractivity (Wildman–Crippen MR) is 126 cm³/mol. The van der Waals surface area contributed by atoms with Gasteiger partial charge in [0.25, 0.3) is 5.91 Å². The second-order valence-electron chi connectivity index (χ2n) is 7.77. The van der Waals surface area contributed by atoms with Crippen LogP contribution in [0.3, 0.4) is 0 Å². The summed E-state index contributed by atoms with van der Waals surface area (Å²) in [7, 11) is 0. The van der Waals surface area contributed by atoms with Gasteiger partial charge in [0.1, 0.15) is 36.3 Å². The summed E-state index contributed by atoms with van der Waals surface area (Å²) in [6.45, 7) is 0.667. The molecule has 1 fully saturated rings. The van der Waals surface area contributed by atoms with Gasteiger partial charge in [-0.15, -0.1) is 0 Å². The summed E-state index contributed by atoms with van der Waals surface area (Å²) in [5.41, 5.74) is 0.390. The molecular weight excluding hydrogens is 521 g/mol. The van der Waals surface area contributed by atoms with Crippen LogP contribution in [0.1, 0.15) is 28.8 Å². The second kappa shape index (κ2) is 9.61. The van der Waals surface area contributed by atoms with Crippen molar-refractivity contribution in [2.24, 2.45) is 0 Å². The lowest BCUT2D eigenvalue weighted by Crippen LogP contribution is -2.51. The molecule has 0 aromatic heterocycles. The van der Waals surface area contributed by atoms with E-state index in [1.54, 1.807) is 24.3 Å². The van der Waals surface area contributed by atoms with Crippen LogP contribution in [0.5, 0.6) is 11.5 Å². The van der Waals surface area contributed by atoms with Gasteiger partial charge in [-0.05, 0) is 77.4 Å². The molecule has 2 heterocycles. The lowest BCUT2D eigenvalue weighted by atomic mass is 10.0. The molecule has 0 radical (unpaired) electrons. The van der Waals surface area contributed by atoms with Crippen molar-refractivity contribution in [3.05, 3.63) is 69.3 Å². The first-order valence-electron chi connectivity index (χ1n) is 10.3. The van der Waals surface area contributed by atoms with E-state index < -0.39 is 17.5 Å². The molecule has 8 heteroatoms. The van der Waals surface area contributed by atoms with E-state index in [1.807, 2.05) is 30.4 Å². The lowest BCUT2D eigenvalue weighted by Gasteiger charge is -2.21. The van der Waals surface area contributed by atoms with Crippen molar-refractivity contribution < 1.29 is 19.1 Å².